The number of hydrogen-bond acceptors (Lipinski definition) is 4. The number of para-hydroxylation sites is 2. The molecule has 0 saturated carbocycles. The summed E-state index contributed by atoms with van der Waals surface area (Å²) >= 11 is 0. The maximum atomic E-state index is 7.50. The van der Waals surface area contributed by atoms with Crippen molar-refractivity contribution in [3.05, 3.63) is 128 Å². The Balaban J connectivity index is 0.000000341. The standard InChI is InChI=1S/C14H13O4P.C13H13P.3CO.Co/c1-9-5-3-7-11-13(9)17-19(15-11)16-12-8-4-6-10(2)14(12)18-19;1-14(12-8-4-2-5-9-12)13-10-6-3-7-11-13;3*1-2;/h3-8,19H,1-2H3;2-11H,1H3;;;;. The molecule has 0 fully saturated rings. The summed E-state index contributed by atoms with van der Waals surface area (Å²) in [6, 6.07) is 32.9. The van der Waals surface area contributed by atoms with Crippen molar-refractivity contribution < 1.29 is 48.8 Å². The zero-order chi connectivity index (χ0) is 28.8. The van der Waals surface area contributed by atoms with Gasteiger partial charge in [0.15, 0.2) is 0 Å². The van der Waals surface area contributed by atoms with Crippen molar-refractivity contribution in [2.75, 3.05) is 6.66 Å². The first-order valence-electron chi connectivity index (χ1n) is 11.4. The van der Waals surface area contributed by atoms with Crippen molar-refractivity contribution in [1.29, 1.82) is 0 Å². The molecule has 2 aliphatic rings. The molecule has 0 bridgehead atoms. The van der Waals surface area contributed by atoms with Gasteiger partial charge in [0.1, 0.15) is 0 Å². The molecule has 4 aromatic rings. The molecule has 6 rings (SSSR count). The molecule has 0 unspecified atom stereocenters. The molecule has 0 aromatic heterocycles. The smallest absolute Gasteiger partial charge is 0 e. The fourth-order valence-corrected chi connectivity index (χ4v) is 7.44. The van der Waals surface area contributed by atoms with Gasteiger partial charge in [0.05, 0.1) is 0 Å². The van der Waals surface area contributed by atoms with Crippen molar-refractivity contribution in [3.63, 3.8) is 0 Å². The second-order valence-corrected chi connectivity index (χ2v) is 11.9. The largest absolute Gasteiger partial charge is 0 e. The Morgan fingerprint density at radius 2 is 0.875 bits per heavy atom. The van der Waals surface area contributed by atoms with E-state index in [1.54, 1.807) is 0 Å². The topological polar surface area (TPSA) is 96.6 Å². The van der Waals surface area contributed by atoms with E-state index in [2.05, 4.69) is 87.3 Å². The fraction of sp³-hybridized carbons (Fsp3) is 0.100. The molecule has 40 heavy (non-hydrogen) atoms. The molecule has 4 aromatic carbocycles. The van der Waals surface area contributed by atoms with E-state index in [1.807, 2.05) is 50.2 Å². The van der Waals surface area contributed by atoms with Gasteiger partial charge in [0.25, 0.3) is 0 Å². The molecular weight excluding hydrogens is 593 g/mol. The van der Waals surface area contributed by atoms with Gasteiger partial charge >= 0.3 is 145 Å². The van der Waals surface area contributed by atoms with Crippen LogP contribution in [0.1, 0.15) is 11.1 Å². The molecule has 1 spiro atoms. The Morgan fingerprint density at radius 3 is 1.20 bits per heavy atom. The summed E-state index contributed by atoms with van der Waals surface area (Å²) in [4.78, 5) is 0. The third-order valence-electron chi connectivity index (χ3n) is 5.56. The first kappa shape index (κ1) is 34.7. The van der Waals surface area contributed by atoms with Gasteiger partial charge in [-0.15, -0.1) is 0 Å². The van der Waals surface area contributed by atoms with E-state index >= 15 is 0 Å². The van der Waals surface area contributed by atoms with Crippen LogP contribution in [0.2, 0.25) is 0 Å². The average Bonchev–Trinajstić information content (AvgIpc) is 3.57. The van der Waals surface area contributed by atoms with Crippen molar-refractivity contribution in [1.82, 2.24) is 0 Å². The molecule has 10 heteroatoms. The second kappa shape index (κ2) is 17.4. The molecule has 2 heterocycles. The minimum absolute atomic E-state index is 0. The van der Waals surface area contributed by atoms with E-state index in [-0.39, 0.29) is 24.7 Å². The molecule has 0 saturated heterocycles. The quantitative estimate of drug-likeness (QED) is 0.144. The SMILES string of the molecule is CP(c1ccccc1)c1ccccc1.Cc1cccc2c1O[PH]1(O2)Oc2cccc(C)c2O1.[C-]#[O+].[C-]#[O+].[C-]#[O+].[Co]. The Hall–Kier alpha value is -3.33. The predicted octanol–water partition coefficient (Wildman–Crippen LogP) is 6.59. The monoisotopic (exact) mass is 619 g/mol. The number of hydrogen-bond donors (Lipinski definition) is 0. The summed E-state index contributed by atoms with van der Waals surface area (Å²) in [5.41, 5.74) is 2.03. The minimum atomic E-state index is -3.14. The molecule has 0 amide bonds. The van der Waals surface area contributed by atoms with Gasteiger partial charge in [0.2, 0.25) is 0 Å². The van der Waals surface area contributed by atoms with Crippen LogP contribution in [0.3, 0.4) is 0 Å². The minimum Gasteiger partial charge on any atom is 0 e. The van der Waals surface area contributed by atoms with Gasteiger partial charge < -0.3 is 0 Å². The molecule has 207 valence electrons. The van der Waals surface area contributed by atoms with Gasteiger partial charge in [0, 0.05) is 16.8 Å². The maximum Gasteiger partial charge on any atom is 0 e. The van der Waals surface area contributed by atoms with E-state index in [4.69, 9.17) is 32.1 Å². The zero-order valence-electron chi connectivity index (χ0n) is 21.9. The van der Waals surface area contributed by atoms with Gasteiger partial charge in [-0.3, -0.25) is 0 Å². The van der Waals surface area contributed by atoms with Gasteiger partial charge in [-0.25, -0.2) is 0 Å². The van der Waals surface area contributed by atoms with E-state index < -0.39 is 8.17 Å². The molecule has 1 radical (unpaired) electrons. The van der Waals surface area contributed by atoms with E-state index in [0.29, 0.717) is 11.5 Å². The Labute approximate surface area is 246 Å². The van der Waals surface area contributed by atoms with Crippen LogP contribution in [0, 0.1) is 33.8 Å². The summed E-state index contributed by atoms with van der Waals surface area (Å²) in [5, 5.41) is 2.88. The van der Waals surface area contributed by atoms with Crippen molar-refractivity contribution in [2.24, 2.45) is 0 Å². The number of benzene rings is 4. The third-order valence-corrected chi connectivity index (χ3v) is 9.56. The molecular formula is C30H26CoO7P2. The number of aryl methyl sites for hydroxylation is 2. The van der Waals surface area contributed by atoms with Crippen LogP contribution in [-0.2, 0) is 30.7 Å². The number of fused-ring (bicyclic) bond motifs is 2. The van der Waals surface area contributed by atoms with E-state index in [9.17, 15) is 0 Å². The normalized spacial score (nSPS) is 12.7. The molecule has 0 aliphatic carbocycles. The molecule has 0 atom stereocenters. The van der Waals surface area contributed by atoms with Crippen LogP contribution in [0.5, 0.6) is 23.0 Å². The van der Waals surface area contributed by atoms with Crippen LogP contribution in [-0.4, -0.2) is 6.66 Å². The molecule has 2 aliphatic heterocycles. The van der Waals surface area contributed by atoms with Crippen LogP contribution in [0.25, 0.3) is 0 Å². The zero-order valence-corrected chi connectivity index (χ0v) is 24.8. The van der Waals surface area contributed by atoms with Crippen molar-refractivity contribution in [3.8, 4) is 23.0 Å². The maximum absolute atomic E-state index is 7.50. The second-order valence-electron chi connectivity index (χ2n) is 7.94. The summed E-state index contributed by atoms with van der Waals surface area (Å²) < 4.78 is 46.0. The molecule has 7 nitrogen and oxygen atoms in total. The molecule has 0 N–H and O–H groups in total. The van der Waals surface area contributed by atoms with E-state index in [0.717, 1.165) is 22.6 Å². The van der Waals surface area contributed by atoms with Crippen molar-refractivity contribution >= 4 is 26.7 Å². The van der Waals surface area contributed by atoms with Gasteiger partial charge in [-0.05, 0) is 25.2 Å². The Bertz CT molecular complexity index is 1300. The summed E-state index contributed by atoms with van der Waals surface area (Å²) in [5.74, 6) is 2.83. The Kier molecular flexibility index (Phi) is 15.1. The third kappa shape index (κ3) is 8.33. The summed E-state index contributed by atoms with van der Waals surface area (Å²) in [7, 11) is -3.31. The summed E-state index contributed by atoms with van der Waals surface area (Å²) in [6.07, 6.45) is 0. The summed E-state index contributed by atoms with van der Waals surface area (Å²) in [6.45, 7) is 19.8. The van der Waals surface area contributed by atoms with Crippen LogP contribution in [0.4, 0.5) is 0 Å². The first-order chi connectivity index (χ1) is 19.0. The Morgan fingerprint density at radius 1 is 0.525 bits per heavy atom. The van der Waals surface area contributed by atoms with Gasteiger partial charge in [-0.2, -0.15) is 0 Å². The van der Waals surface area contributed by atoms with Crippen LogP contribution in [0.15, 0.2) is 97.1 Å². The van der Waals surface area contributed by atoms with Gasteiger partial charge in [-0.1, -0.05) is 60.7 Å². The van der Waals surface area contributed by atoms with Crippen LogP contribution < -0.4 is 28.7 Å². The van der Waals surface area contributed by atoms with E-state index in [1.165, 1.54) is 10.6 Å². The number of rotatable bonds is 2. The first-order valence-corrected chi connectivity index (χ1v) is 14.9. The average molecular weight is 619 g/mol. The van der Waals surface area contributed by atoms with Crippen molar-refractivity contribution in [2.45, 2.75) is 13.8 Å². The fourth-order valence-electron chi connectivity index (χ4n) is 3.77. The predicted molar refractivity (Wildman–Crippen MR) is 150 cm³/mol. The van der Waals surface area contributed by atoms with Crippen LogP contribution >= 0.6 is 16.1 Å².